The topological polar surface area (TPSA) is 106 Å². The van der Waals surface area contributed by atoms with E-state index in [1.807, 2.05) is 20.8 Å². The van der Waals surface area contributed by atoms with E-state index in [4.69, 9.17) is 5.73 Å². The minimum atomic E-state index is -0.458. The predicted octanol–water partition coefficient (Wildman–Crippen LogP) is 3.35. The van der Waals surface area contributed by atoms with Gasteiger partial charge in [0, 0.05) is 7.05 Å². The van der Waals surface area contributed by atoms with Gasteiger partial charge in [-0.05, 0) is 32.9 Å². The lowest BCUT2D eigenvalue weighted by Gasteiger charge is -2.07. The summed E-state index contributed by atoms with van der Waals surface area (Å²) in [5.74, 6) is 0.0151. The molecule has 25 heavy (non-hydrogen) atoms. The van der Waals surface area contributed by atoms with E-state index in [1.165, 1.54) is 10.7 Å². The number of pyridine rings is 1. The second-order valence-corrected chi connectivity index (χ2v) is 5.82. The number of fused-ring (bicyclic) bond motifs is 1. The first kappa shape index (κ1) is 16.7. The smallest absolute Gasteiger partial charge is 0.240 e. The molecule has 9 heteroatoms. The van der Waals surface area contributed by atoms with Crippen LogP contribution in [-0.2, 0) is 0 Å². The van der Waals surface area contributed by atoms with Crippen molar-refractivity contribution in [2.75, 3.05) is 18.1 Å². The molecule has 0 saturated heterocycles. The van der Waals surface area contributed by atoms with Gasteiger partial charge in [-0.3, -0.25) is 4.98 Å². The fourth-order valence-corrected chi connectivity index (χ4v) is 2.46. The largest absolute Gasteiger partial charge is 0.371 e. The van der Waals surface area contributed by atoms with Crippen LogP contribution in [0.3, 0.4) is 0 Å². The quantitative estimate of drug-likeness (QED) is 0.707. The molecule has 0 fully saturated rings. The van der Waals surface area contributed by atoms with Gasteiger partial charge in [0.2, 0.25) is 5.95 Å². The molecule has 0 spiro atoms. The number of halogens is 1. The number of nitrogens with two attached hydrogens (primary N) is 1. The lowest BCUT2D eigenvalue weighted by atomic mass is 10.1. The van der Waals surface area contributed by atoms with Crippen LogP contribution in [0.1, 0.15) is 19.5 Å². The first-order chi connectivity index (χ1) is 11.9. The lowest BCUT2D eigenvalue weighted by molar-refractivity contribution is 0.628. The monoisotopic (exact) mass is 342 g/mol. The van der Waals surface area contributed by atoms with Gasteiger partial charge in [-0.1, -0.05) is 0 Å². The summed E-state index contributed by atoms with van der Waals surface area (Å²) in [4.78, 5) is 8.60. The summed E-state index contributed by atoms with van der Waals surface area (Å²) in [7, 11) is 1.69. The van der Waals surface area contributed by atoms with Gasteiger partial charge in [0.05, 0.1) is 29.2 Å². The van der Waals surface area contributed by atoms with E-state index >= 15 is 0 Å². The zero-order valence-electron chi connectivity index (χ0n) is 14.4. The minimum absolute atomic E-state index is 0.0481. The Balaban J connectivity index is 2.17. The van der Waals surface area contributed by atoms with Crippen LogP contribution in [0.4, 0.5) is 21.8 Å². The number of nitrogen functional groups attached to an aromatic ring is 1. The third-order valence-corrected chi connectivity index (χ3v) is 3.55. The van der Waals surface area contributed by atoms with Gasteiger partial charge >= 0.3 is 0 Å². The van der Waals surface area contributed by atoms with Crippen LogP contribution in [0, 0.1) is 12.7 Å². The number of anilines is 2. The third-order valence-electron chi connectivity index (χ3n) is 3.55. The number of nitrogens with zero attached hydrogens (tertiary/aromatic N) is 6. The SMILES string of the molecule is CNc1nc(N)nn2cc(F)c(-c3ccc(N=NC(C)C)c(C)n3)c12. The molecule has 130 valence electrons. The summed E-state index contributed by atoms with van der Waals surface area (Å²) >= 11 is 0. The van der Waals surface area contributed by atoms with Crippen molar-refractivity contribution < 1.29 is 4.39 Å². The molecule has 0 atom stereocenters. The molecule has 0 aromatic carbocycles. The minimum Gasteiger partial charge on any atom is -0.371 e. The van der Waals surface area contributed by atoms with Crippen LogP contribution >= 0.6 is 0 Å². The van der Waals surface area contributed by atoms with Crippen molar-refractivity contribution in [1.82, 2.24) is 19.6 Å². The zero-order chi connectivity index (χ0) is 18.1. The molecule has 8 nitrogen and oxygen atoms in total. The van der Waals surface area contributed by atoms with Gasteiger partial charge in [0.15, 0.2) is 11.6 Å². The summed E-state index contributed by atoms with van der Waals surface area (Å²) in [6, 6.07) is 3.56. The van der Waals surface area contributed by atoms with Crippen molar-refractivity contribution in [3.05, 3.63) is 29.8 Å². The average molecular weight is 342 g/mol. The van der Waals surface area contributed by atoms with E-state index in [-0.39, 0.29) is 12.0 Å². The molecule has 3 N–H and O–H groups in total. The molecule has 3 aromatic heterocycles. The Kier molecular flexibility index (Phi) is 4.30. The highest BCUT2D eigenvalue weighted by atomic mass is 19.1. The lowest BCUT2D eigenvalue weighted by Crippen LogP contribution is -2.05. The number of hydrogen-bond acceptors (Lipinski definition) is 7. The van der Waals surface area contributed by atoms with Gasteiger partial charge in [-0.2, -0.15) is 15.2 Å². The van der Waals surface area contributed by atoms with E-state index in [1.54, 1.807) is 19.2 Å². The summed E-state index contributed by atoms with van der Waals surface area (Å²) < 4.78 is 15.9. The summed E-state index contributed by atoms with van der Waals surface area (Å²) in [5, 5.41) is 15.2. The molecular formula is C16H19FN8. The fourth-order valence-electron chi connectivity index (χ4n) is 2.46. The molecule has 3 heterocycles. The van der Waals surface area contributed by atoms with Crippen molar-refractivity contribution >= 4 is 23.0 Å². The molecule has 0 aliphatic heterocycles. The second-order valence-electron chi connectivity index (χ2n) is 5.82. The Morgan fingerprint density at radius 1 is 1.28 bits per heavy atom. The first-order valence-corrected chi connectivity index (χ1v) is 7.81. The van der Waals surface area contributed by atoms with E-state index in [9.17, 15) is 4.39 Å². The van der Waals surface area contributed by atoms with Crippen LogP contribution in [0.25, 0.3) is 16.8 Å². The van der Waals surface area contributed by atoms with Crippen molar-refractivity contribution in [2.45, 2.75) is 26.8 Å². The van der Waals surface area contributed by atoms with Crippen molar-refractivity contribution in [1.29, 1.82) is 0 Å². The molecule has 0 aliphatic carbocycles. The molecule has 0 radical (unpaired) electrons. The maximum absolute atomic E-state index is 14.6. The zero-order valence-corrected chi connectivity index (χ0v) is 14.4. The fraction of sp³-hybridized carbons (Fsp3) is 0.312. The highest BCUT2D eigenvalue weighted by Gasteiger charge is 2.20. The standard InChI is InChI=1S/C16H19FN8/c1-8(2)22-23-11-5-6-12(20-9(11)3)13-10(17)7-25-14(13)15(19-4)21-16(18)24-25/h5-8H,1-4H3,(H3,18,19,21,24). The van der Waals surface area contributed by atoms with E-state index in [0.29, 0.717) is 34.0 Å². The number of hydrogen-bond donors (Lipinski definition) is 2. The molecule has 0 aliphatic rings. The van der Waals surface area contributed by atoms with Gasteiger partial charge in [0.1, 0.15) is 11.2 Å². The Bertz CT molecular complexity index is 960. The number of aromatic nitrogens is 4. The first-order valence-electron chi connectivity index (χ1n) is 7.81. The van der Waals surface area contributed by atoms with Gasteiger partial charge in [-0.15, -0.1) is 5.10 Å². The molecule has 0 unspecified atom stereocenters. The normalized spacial score (nSPS) is 11.8. The van der Waals surface area contributed by atoms with E-state index < -0.39 is 5.82 Å². The number of azo groups is 1. The highest BCUT2D eigenvalue weighted by Crippen LogP contribution is 2.33. The van der Waals surface area contributed by atoms with Gasteiger partial charge in [0.25, 0.3) is 0 Å². The number of aryl methyl sites for hydroxylation is 1. The highest BCUT2D eigenvalue weighted by molar-refractivity contribution is 5.88. The second kappa shape index (κ2) is 6.42. The molecule has 3 rings (SSSR count). The Hall–Kier alpha value is -3.10. The Morgan fingerprint density at radius 3 is 2.68 bits per heavy atom. The van der Waals surface area contributed by atoms with Crippen LogP contribution in [-0.4, -0.2) is 32.7 Å². The molecule has 3 aromatic rings. The van der Waals surface area contributed by atoms with Crippen molar-refractivity contribution in [3.8, 4) is 11.3 Å². The van der Waals surface area contributed by atoms with Crippen LogP contribution in [0.15, 0.2) is 28.6 Å². The summed E-state index contributed by atoms with van der Waals surface area (Å²) in [6.45, 7) is 5.68. The molecular weight excluding hydrogens is 323 g/mol. The predicted molar refractivity (Wildman–Crippen MR) is 94.5 cm³/mol. The average Bonchev–Trinajstić information content (AvgIpc) is 2.88. The summed E-state index contributed by atoms with van der Waals surface area (Å²) in [6.07, 6.45) is 1.26. The molecule has 0 saturated carbocycles. The maximum Gasteiger partial charge on any atom is 0.240 e. The van der Waals surface area contributed by atoms with Gasteiger partial charge < -0.3 is 11.1 Å². The van der Waals surface area contributed by atoms with Gasteiger partial charge in [-0.25, -0.2) is 8.91 Å². The molecule has 0 amide bonds. The number of nitrogens with one attached hydrogen (secondary N) is 1. The summed E-state index contributed by atoms with van der Waals surface area (Å²) in [5.41, 5.74) is 8.20. The van der Waals surface area contributed by atoms with E-state index in [0.717, 1.165) is 0 Å². The Morgan fingerprint density at radius 2 is 2.04 bits per heavy atom. The van der Waals surface area contributed by atoms with Crippen molar-refractivity contribution in [2.24, 2.45) is 10.2 Å². The Labute approximate surface area is 144 Å². The van der Waals surface area contributed by atoms with Crippen LogP contribution in [0.5, 0.6) is 0 Å². The van der Waals surface area contributed by atoms with Crippen LogP contribution in [0.2, 0.25) is 0 Å². The van der Waals surface area contributed by atoms with E-state index in [2.05, 4.69) is 30.6 Å². The number of rotatable bonds is 4. The van der Waals surface area contributed by atoms with Crippen LogP contribution < -0.4 is 11.1 Å². The molecule has 0 bridgehead atoms. The third kappa shape index (κ3) is 3.12. The maximum atomic E-state index is 14.6. The van der Waals surface area contributed by atoms with Crippen molar-refractivity contribution in [3.63, 3.8) is 0 Å².